The zero-order valence-corrected chi connectivity index (χ0v) is 5.41. The van der Waals surface area contributed by atoms with Gasteiger partial charge in [0.2, 0.25) is 0 Å². The molecule has 0 aliphatic rings. The molecule has 0 rings (SSSR count). The molecule has 0 atom stereocenters. The van der Waals surface area contributed by atoms with Gasteiger partial charge in [0.15, 0.2) is 0 Å². The molecule has 0 aromatic carbocycles. The van der Waals surface area contributed by atoms with Gasteiger partial charge in [0.05, 0.1) is 0 Å². The largest absolute Gasteiger partial charge is 0.412 e. The van der Waals surface area contributed by atoms with Crippen molar-refractivity contribution in [3.63, 3.8) is 0 Å². The van der Waals surface area contributed by atoms with E-state index in [0.29, 0.717) is 0 Å². The second-order valence-electron chi connectivity index (χ2n) is 1.49. The molecule has 2 nitrogen and oxygen atoms in total. The Kier molecular flexibility index (Phi) is 13.0. The highest BCUT2D eigenvalue weighted by Crippen LogP contribution is 1.67. The van der Waals surface area contributed by atoms with E-state index in [2.05, 4.69) is 18.8 Å². The van der Waals surface area contributed by atoms with Crippen LogP contribution in [-0.2, 0) is 0 Å². The summed E-state index contributed by atoms with van der Waals surface area (Å²) < 4.78 is 0. The molecule has 0 bridgehead atoms. The topological polar surface area (TPSA) is 43.5 Å². The smallest absolute Gasteiger partial charge is 0.0132 e. The molecular weight excluding hydrogens is 102 g/mol. The zero-order valence-electron chi connectivity index (χ0n) is 5.41. The van der Waals surface area contributed by atoms with Crippen molar-refractivity contribution in [1.29, 1.82) is 0 Å². The highest BCUT2D eigenvalue weighted by molar-refractivity contribution is 4.68. The summed E-state index contributed by atoms with van der Waals surface area (Å²) in [6, 6.07) is 0. The molecule has 0 unspecified atom stereocenters. The van der Waals surface area contributed by atoms with Gasteiger partial charge in [0, 0.05) is 6.54 Å². The normalized spacial score (nSPS) is 7.62. The Morgan fingerprint density at radius 1 is 1.62 bits per heavy atom. The van der Waals surface area contributed by atoms with Crippen molar-refractivity contribution in [3.05, 3.63) is 12.7 Å². The lowest BCUT2D eigenvalue weighted by Crippen LogP contribution is -2.13. The van der Waals surface area contributed by atoms with Gasteiger partial charge < -0.3 is 10.8 Å². The molecule has 0 heterocycles. The minimum Gasteiger partial charge on any atom is -0.412 e. The lowest BCUT2D eigenvalue weighted by Gasteiger charge is -1.93. The van der Waals surface area contributed by atoms with Crippen LogP contribution in [0.1, 0.15) is 13.3 Å². The average molecular weight is 117 g/mol. The second kappa shape index (κ2) is 9.83. The summed E-state index contributed by atoms with van der Waals surface area (Å²) in [5, 5.41) is 3.17. The van der Waals surface area contributed by atoms with Gasteiger partial charge in [-0.2, -0.15) is 0 Å². The molecule has 0 aliphatic carbocycles. The first-order valence-electron chi connectivity index (χ1n) is 2.73. The van der Waals surface area contributed by atoms with Crippen LogP contribution in [0.2, 0.25) is 0 Å². The van der Waals surface area contributed by atoms with Crippen molar-refractivity contribution in [2.45, 2.75) is 13.3 Å². The molecule has 2 heteroatoms. The quantitative estimate of drug-likeness (QED) is 0.419. The molecule has 50 valence electrons. The van der Waals surface area contributed by atoms with Gasteiger partial charge >= 0.3 is 0 Å². The van der Waals surface area contributed by atoms with E-state index in [9.17, 15) is 0 Å². The van der Waals surface area contributed by atoms with Gasteiger partial charge in [-0.15, -0.1) is 6.58 Å². The van der Waals surface area contributed by atoms with Gasteiger partial charge in [-0.3, -0.25) is 0 Å². The van der Waals surface area contributed by atoms with Crippen molar-refractivity contribution >= 4 is 0 Å². The van der Waals surface area contributed by atoms with Crippen molar-refractivity contribution in [2.24, 2.45) is 0 Å². The molecule has 0 radical (unpaired) electrons. The molecule has 0 amide bonds. The second-order valence-corrected chi connectivity index (χ2v) is 1.49. The van der Waals surface area contributed by atoms with E-state index in [-0.39, 0.29) is 5.48 Å². The Hall–Kier alpha value is -0.340. The minimum atomic E-state index is 0. The summed E-state index contributed by atoms with van der Waals surface area (Å²) in [7, 11) is 0. The molecule has 8 heavy (non-hydrogen) atoms. The Balaban J connectivity index is 0. The lowest BCUT2D eigenvalue weighted by molar-refractivity contribution is 0.730. The molecule has 0 aromatic heterocycles. The van der Waals surface area contributed by atoms with Crippen LogP contribution in [0.25, 0.3) is 0 Å². The summed E-state index contributed by atoms with van der Waals surface area (Å²) in [6.45, 7) is 7.76. The van der Waals surface area contributed by atoms with Crippen molar-refractivity contribution in [3.8, 4) is 0 Å². The first-order chi connectivity index (χ1) is 3.41. The Morgan fingerprint density at radius 3 is 2.62 bits per heavy atom. The predicted molar refractivity (Wildman–Crippen MR) is 37.0 cm³/mol. The number of hydrogen-bond donors (Lipinski definition) is 1. The van der Waals surface area contributed by atoms with Crippen LogP contribution in [0.3, 0.4) is 0 Å². The Bertz CT molecular complexity index is 45.8. The Morgan fingerprint density at radius 2 is 2.25 bits per heavy atom. The number of hydrogen-bond acceptors (Lipinski definition) is 1. The molecule has 0 saturated heterocycles. The molecular formula is C6H15NO. The number of rotatable bonds is 4. The predicted octanol–water partition coefficient (Wildman–Crippen LogP) is 0.347. The van der Waals surface area contributed by atoms with Crippen molar-refractivity contribution in [2.75, 3.05) is 13.1 Å². The van der Waals surface area contributed by atoms with Crippen LogP contribution in [-0.4, -0.2) is 18.6 Å². The van der Waals surface area contributed by atoms with Crippen LogP contribution in [0.15, 0.2) is 12.7 Å². The fourth-order valence-electron chi connectivity index (χ4n) is 0.381. The SMILES string of the molecule is C=CCNCCC.O. The zero-order chi connectivity index (χ0) is 5.54. The van der Waals surface area contributed by atoms with Gasteiger partial charge in [0.25, 0.3) is 0 Å². The molecule has 0 fully saturated rings. The fraction of sp³-hybridized carbons (Fsp3) is 0.667. The standard InChI is InChI=1S/C6H13N.H2O/c1-3-5-7-6-4-2;/h3,7H,1,4-6H2,2H3;1H2. The maximum absolute atomic E-state index is 3.57. The van der Waals surface area contributed by atoms with Gasteiger partial charge in [0.1, 0.15) is 0 Å². The third-order valence-corrected chi connectivity index (χ3v) is 0.715. The average Bonchev–Trinajstić information content (AvgIpc) is 1.69. The molecule has 0 saturated carbocycles. The highest BCUT2D eigenvalue weighted by Gasteiger charge is 1.73. The summed E-state index contributed by atoms with van der Waals surface area (Å²) in [5.41, 5.74) is 0. The fourth-order valence-corrected chi connectivity index (χ4v) is 0.381. The highest BCUT2D eigenvalue weighted by atomic mass is 16.0. The van der Waals surface area contributed by atoms with Gasteiger partial charge in [-0.1, -0.05) is 13.0 Å². The molecule has 0 aromatic rings. The van der Waals surface area contributed by atoms with E-state index >= 15 is 0 Å². The van der Waals surface area contributed by atoms with E-state index in [0.717, 1.165) is 13.1 Å². The summed E-state index contributed by atoms with van der Waals surface area (Å²) in [6.07, 6.45) is 3.07. The van der Waals surface area contributed by atoms with Crippen molar-refractivity contribution < 1.29 is 5.48 Å². The van der Waals surface area contributed by atoms with E-state index in [1.165, 1.54) is 6.42 Å². The van der Waals surface area contributed by atoms with Gasteiger partial charge in [-0.25, -0.2) is 0 Å². The van der Waals surface area contributed by atoms with E-state index in [4.69, 9.17) is 0 Å². The van der Waals surface area contributed by atoms with Crippen LogP contribution in [0.5, 0.6) is 0 Å². The van der Waals surface area contributed by atoms with Crippen LogP contribution >= 0.6 is 0 Å². The van der Waals surface area contributed by atoms with Crippen LogP contribution < -0.4 is 5.32 Å². The first-order valence-corrected chi connectivity index (χ1v) is 2.73. The third-order valence-electron chi connectivity index (χ3n) is 0.715. The van der Waals surface area contributed by atoms with Gasteiger partial charge in [-0.05, 0) is 13.0 Å². The van der Waals surface area contributed by atoms with E-state index in [1.807, 2.05) is 6.08 Å². The third kappa shape index (κ3) is 9.18. The monoisotopic (exact) mass is 117 g/mol. The van der Waals surface area contributed by atoms with Crippen LogP contribution in [0, 0.1) is 0 Å². The number of nitrogens with one attached hydrogen (secondary N) is 1. The maximum atomic E-state index is 3.57. The maximum Gasteiger partial charge on any atom is 0.0132 e. The minimum absolute atomic E-state index is 0. The summed E-state index contributed by atoms with van der Waals surface area (Å²) in [4.78, 5) is 0. The first kappa shape index (κ1) is 10.6. The Labute approximate surface area is 50.9 Å². The molecule has 0 aliphatic heterocycles. The van der Waals surface area contributed by atoms with Crippen LogP contribution in [0.4, 0.5) is 0 Å². The summed E-state index contributed by atoms with van der Waals surface area (Å²) in [5.74, 6) is 0. The molecule has 0 spiro atoms. The van der Waals surface area contributed by atoms with E-state index < -0.39 is 0 Å². The van der Waals surface area contributed by atoms with Crippen molar-refractivity contribution in [1.82, 2.24) is 5.32 Å². The molecule has 3 N–H and O–H groups in total. The van der Waals surface area contributed by atoms with E-state index in [1.54, 1.807) is 0 Å². The lowest BCUT2D eigenvalue weighted by atomic mass is 10.5. The summed E-state index contributed by atoms with van der Waals surface area (Å²) >= 11 is 0.